The summed E-state index contributed by atoms with van der Waals surface area (Å²) in [5, 5.41) is 26.8. The van der Waals surface area contributed by atoms with Crippen molar-refractivity contribution in [3.05, 3.63) is 65.2 Å². The van der Waals surface area contributed by atoms with E-state index in [1.165, 1.54) is 6.07 Å². The molecule has 2 rings (SSSR count). The molecule has 0 saturated carbocycles. The minimum Gasteiger partial charge on any atom is -0.379 e. The van der Waals surface area contributed by atoms with Gasteiger partial charge in [-0.05, 0) is 36.4 Å². The summed E-state index contributed by atoms with van der Waals surface area (Å²) >= 11 is 0. The zero-order valence-corrected chi connectivity index (χ0v) is 17.6. The second-order valence-electron chi connectivity index (χ2n) is 6.41. The lowest BCUT2D eigenvalue weighted by Gasteiger charge is -2.10. The van der Waals surface area contributed by atoms with Gasteiger partial charge in [0.15, 0.2) is 0 Å². The normalized spacial score (nSPS) is 10.7. The summed E-state index contributed by atoms with van der Waals surface area (Å²) in [5.41, 5.74) is 0.606. The Bertz CT molecular complexity index is 1120. The van der Waals surface area contributed by atoms with Crippen molar-refractivity contribution in [1.29, 1.82) is 0 Å². The van der Waals surface area contributed by atoms with Crippen molar-refractivity contribution >= 4 is 44.7 Å². The smallest absolute Gasteiger partial charge is 0.319 e. The van der Waals surface area contributed by atoms with Crippen LogP contribution in [-0.2, 0) is 14.8 Å². The van der Waals surface area contributed by atoms with Crippen molar-refractivity contribution < 1.29 is 22.9 Å². The molecule has 2 aromatic carbocycles. The number of benzene rings is 2. The number of rotatable bonds is 10. The standard InChI is InChI=1S/C19H22N6O6S/c1-2-10-22-19(27)24-14-5-3-13(4-6-14)23-18(26)9-11-21-16-8-7-15(32(20,30)31)12-17(16)25(28)29/h2-8,12,21H,1,9-11H2,(H,23,26)(H2,20,30,31)(H2,22,24,27). The third kappa shape index (κ3) is 7.37. The molecule has 6 N–H and O–H groups in total. The van der Waals surface area contributed by atoms with E-state index in [4.69, 9.17) is 5.14 Å². The molecule has 3 amide bonds. The Hall–Kier alpha value is -3.97. The summed E-state index contributed by atoms with van der Waals surface area (Å²) in [7, 11) is -4.09. The molecule has 0 aliphatic carbocycles. The molecule has 13 heteroatoms. The third-order valence-electron chi connectivity index (χ3n) is 4.00. The number of sulfonamides is 1. The van der Waals surface area contributed by atoms with Crippen LogP contribution in [0.2, 0.25) is 0 Å². The molecule has 32 heavy (non-hydrogen) atoms. The maximum absolute atomic E-state index is 12.1. The molecule has 170 valence electrons. The van der Waals surface area contributed by atoms with Crippen LogP contribution < -0.4 is 26.4 Å². The highest BCUT2D eigenvalue weighted by Gasteiger charge is 2.19. The first-order valence-corrected chi connectivity index (χ1v) is 10.8. The lowest BCUT2D eigenvalue weighted by atomic mass is 10.2. The van der Waals surface area contributed by atoms with E-state index in [2.05, 4.69) is 27.8 Å². The van der Waals surface area contributed by atoms with Crippen LogP contribution in [0.3, 0.4) is 0 Å². The molecule has 0 aromatic heterocycles. The van der Waals surface area contributed by atoms with E-state index in [1.54, 1.807) is 30.3 Å². The van der Waals surface area contributed by atoms with Crippen molar-refractivity contribution in [3.8, 4) is 0 Å². The van der Waals surface area contributed by atoms with Crippen LogP contribution in [0.4, 0.5) is 27.5 Å². The lowest BCUT2D eigenvalue weighted by Crippen LogP contribution is -2.28. The van der Waals surface area contributed by atoms with Gasteiger partial charge in [-0.2, -0.15) is 0 Å². The van der Waals surface area contributed by atoms with Crippen LogP contribution >= 0.6 is 0 Å². The highest BCUT2D eigenvalue weighted by molar-refractivity contribution is 7.89. The molecule has 0 fully saturated rings. The van der Waals surface area contributed by atoms with Gasteiger partial charge in [-0.1, -0.05) is 6.08 Å². The molecular weight excluding hydrogens is 440 g/mol. The first-order valence-electron chi connectivity index (χ1n) is 9.21. The molecule has 0 aliphatic rings. The average Bonchev–Trinajstić information content (AvgIpc) is 2.73. The van der Waals surface area contributed by atoms with Gasteiger partial charge in [-0.15, -0.1) is 6.58 Å². The van der Waals surface area contributed by atoms with Crippen molar-refractivity contribution in [2.24, 2.45) is 5.14 Å². The number of nitrogens with one attached hydrogen (secondary N) is 4. The molecule has 0 bridgehead atoms. The number of carbonyl (C=O) groups excluding carboxylic acids is 2. The van der Waals surface area contributed by atoms with E-state index in [-0.39, 0.29) is 35.5 Å². The average molecular weight is 462 g/mol. The van der Waals surface area contributed by atoms with Gasteiger partial charge in [-0.3, -0.25) is 14.9 Å². The minimum atomic E-state index is -4.09. The minimum absolute atomic E-state index is 0.0158. The maximum atomic E-state index is 12.1. The van der Waals surface area contributed by atoms with E-state index in [0.29, 0.717) is 17.9 Å². The van der Waals surface area contributed by atoms with Crippen molar-refractivity contribution in [1.82, 2.24) is 5.32 Å². The van der Waals surface area contributed by atoms with E-state index >= 15 is 0 Å². The Labute approximate surface area is 184 Å². The van der Waals surface area contributed by atoms with E-state index in [9.17, 15) is 28.1 Å². The van der Waals surface area contributed by atoms with Crippen LogP contribution in [0.15, 0.2) is 60.0 Å². The Kier molecular flexibility index (Phi) is 8.26. The Morgan fingerprint density at radius 3 is 2.28 bits per heavy atom. The largest absolute Gasteiger partial charge is 0.379 e. The summed E-state index contributed by atoms with van der Waals surface area (Å²) in [4.78, 5) is 33.8. The molecule has 0 heterocycles. The molecule has 2 aromatic rings. The number of primary sulfonamides is 1. The van der Waals surface area contributed by atoms with Crippen molar-refractivity contribution in [3.63, 3.8) is 0 Å². The molecule has 12 nitrogen and oxygen atoms in total. The van der Waals surface area contributed by atoms with Gasteiger partial charge in [0.2, 0.25) is 15.9 Å². The molecule has 0 spiro atoms. The fourth-order valence-corrected chi connectivity index (χ4v) is 3.03. The number of anilines is 3. The second kappa shape index (κ2) is 10.9. The van der Waals surface area contributed by atoms with Gasteiger partial charge in [0.1, 0.15) is 5.69 Å². The van der Waals surface area contributed by atoms with Crippen LogP contribution in [0, 0.1) is 10.1 Å². The first-order chi connectivity index (χ1) is 15.1. The van der Waals surface area contributed by atoms with Gasteiger partial charge < -0.3 is 21.3 Å². The Morgan fingerprint density at radius 1 is 1.09 bits per heavy atom. The van der Waals surface area contributed by atoms with Gasteiger partial charge in [0, 0.05) is 37.0 Å². The SMILES string of the molecule is C=CCNC(=O)Nc1ccc(NC(=O)CCNc2ccc(S(N)(=O)=O)cc2[N+](=O)[O-])cc1. The summed E-state index contributed by atoms with van der Waals surface area (Å²) in [6, 6.07) is 9.24. The van der Waals surface area contributed by atoms with Gasteiger partial charge in [0.05, 0.1) is 9.82 Å². The topological polar surface area (TPSA) is 186 Å². The second-order valence-corrected chi connectivity index (χ2v) is 7.97. The quantitative estimate of drug-likeness (QED) is 0.203. The number of nitro benzene ring substituents is 1. The van der Waals surface area contributed by atoms with E-state index in [0.717, 1.165) is 12.1 Å². The highest BCUT2D eigenvalue weighted by Crippen LogP contribution is 2.27. The van der Waals surface area contributed by atoms with Gasteiger partial charge >= 0.3 is 6.03 Å². The number of nitrogens with zero attached hydrogens (tertiary/aromatic N) is 1. The van der Waals surface area contributed by atoms with Gasteiger partial charge in [0.25, 0.3) is 5.69 Å². The zero-order chi connectivity index (χ0) is 23.7. The molecule has 0 unspecified atom stereocenters. The zero-order valence-electron chi connectivity index (χ0n) is 16.8. The number of hydrogen-bond donors (Lipinski definition) is 5. The van der Waals surface area contributed by atoms with Crippen LogP contribution in [0.1, 0.15) is 6.42 Å². The van der Waals surface area contributed by atoms with Crippen LogP contribution in [0.25, 0.3) is 0 Å². The third-order valence-corrected chi connectivity index (χ3v) is 4.91. The van der Waals surface area contributed by atoms with E-state index < -0.39 is 20.6 Å². The predicted molar refractivity (Wildman–Crippen MR) is 120 cm³/mol. The lowest BCUT2D eigenvalue weighted by molar-refractivity contribution is -0.384. The first kappa shape index (κ1) is 24.3. The molecule has 0 aliphatic heterocycles. The number of hydrogen-bond acceptors (Lipinski definition) is 7. The number of nitro groups is 1. The molecule has 0 radical (unpaired) electrons. The molecular formula is C19H22N6O6S. The summed E-state index contributed by atoms with van der Waals surface area (Å²) < 4.78 is 22.7. The number of carbonyl (C=O) groups is 2. The fourth-order valence-electron chi connectivity index (χ4n) is 2.50. The molecule has 0 atom stereocenters. The maximum Gasteiger partial charge on any atom is 0.319 e. The van der Waals surface area contributed by atoms with Crippen LogP contribution in [0.5, 0.6) is 0 Å². The van der Waals surface area contributed by atoms with Crippen LogP contribution in [-0.4, -0.2) is 38.4 Å². The Morgan fingerprint density at radius 2 is 1.72 bits per heavy atom. The van der Waals surface area contributed by atoms with Crippen molar-refractivity contribution in [2.75, 3.05) is 29.0 Å². The summed E-state index contributed by atoms with van der Waals surface area (Å²) in [6.07, 6.45) is 1.53. The predicted octanol–water partition coefficient (Wildman–Crippen LogP) is 1.99. The summed E-state index contributed by atoms with van der Waals surface area (Å²) in [5.74, 6) is -0.356. The molecule has 0 saturated heterocycles. The number of urea groups is 1. The Balaban J connectivity index is 1.89. The highest BCUT2D eigenvalue weighted by atomic mass is 32.2. The van der Waals surface area contributed by atoms with Crippen molar-refractivity contribution in [2.45, 2.75) is 11.3 Å². The fraction of sp³-hybridized carbons (Fsp3) is 0.158. The van der Waals surface area contributed by atoms with Gasteiger partial charge in [-0.25, -0.2) is 18.4 Å². The number of nitrogens with two attached hydrogens (primary N) is 1. The number of amides is 3. The monoisotopic (exact) mass is 462 g/mol. The summed E-state index contributed by atoms with van der Waals surface area (Å²) in [6.45, 7) is 3.88. The van der Waals surface area contributed by atoms with E-state index in [1.807, 2.05) is 0 Å².